The van der Waals surface area contributed by atoms with Crippen molar-refractivity contribution in [2.75, 3.05) is 11.5 Å². The molecule has 2 atom stereocenters. The third kappa shape index (κ3) is 3.75. The smallest absolute Gasteiger partial charge is 0.123 e. The number of hydrogen-bond donors (Lipinski definition) is 2. The first kappa shape index (κ1) is 14.8. The molecule has 1 aliphatic carbocycles. The SMILES string of the molecule is Nc1cc(C[C@@H]2CCCC[C@H]2Cc2ccnc(N)c2)ccn1. The van der Waals surface area contributed by atoms with Gasteiger partial charge in [0.25, 0.3) is 0 Å². The molecule has 22 heavy (non-hydrogen) atoms. The Morgan fingerprint density at radius 2 is 1.27 bits per heavy atom. The topological polar surface area (TPSA) is 77.8 Å². The normalized spacial score (nSPS) is 21.6. The monoisotopic (exact) mass is 296 g/mol. The Morgan fingerprint density at radius 3 is 1.68 bits per heavy atom. The van der Waals surface area contributed by atoms with Crippen molar-refractivity contribution in [3.63, 3.8) is 0 Å². The summed E-state index contributed by atoms with van der Waals surface area (Å²) in [6, 6.07) is 8.20. The highest BCUT2D eigenvalue weighted by Gasteiger charge is 2.25. The van der Waals surface area contributed by atoms with E-state index >= 15 is 0 Å². The summed E-state index contributed by atoms with van der Waals surface area (Å²) in [5.74, 6) is 2.66. The van der Waals surface area contributed by atoms with Gasteiger partial charge in [0.1, 0.15) is 11.6 Å². The number of anilines is 2. The molecule has 0 unspecified atom stereocenters. The molecule has 2 heterocycles. The van der Waals surface area contributed by atoms with Crippen molar-refractivity contribution in [3.05, 3.63) is 47.8 Å². The van der Waals surface area contributed by atoms with Crippen LogP contribution in [-0.4, -0.2) is 9.97 Å². The van der Waals surface area contributed by atoms with E-state index < -0.39 is 0 Å². The van der Waals surface area contributed by atoms with Gasteiger partial charge in [0.2, 0.25) is 0 Å². The zero-order valence-corrected chi connectivity index (χ0v) is 12.9. The predicted octanol–water partition coefficient (Wildman–Crippen LogP) is 3.23. The summed E-state index contributed by atoms with van der Waals surface area (Å²) >= 11 is 0. The minimum absolute atomic E-state index is 0.617. The van der Waals surface area contributed by atoms with E-state index in [2.05, 4.69) is 22.1 Å². The Hall–Kier alpha value is -2.10. The van der Waals surface area contributed by atoms with Crippen LogP contribution in [0.15, 0.2) is 36.7 Å². The zero-order chi connectivity index (χ0) is 15.4. The van der Waals surface area contributed by atoms with Crippen molar-refractivity contribution in [1.82, 2.24) is 9.97 Å². The lowest BCUT2D eigenvalue weighted by molar-refractivity contribution is 0.234. The fourth-order valence-corrected chi connectivity index (χ4v) is 3.67. The summed E-state index contributed by atoms with van der Waals surface area (Å²) in [5.41, 5.74) is 14.2. The van der Waals surface area contributed by atoms with Crippen LogP contribution in [0.1, 0.15) is 36.8 Å². The van der Waals surface area contributed by atoms with Crippen molar-refractivity contribution < 1.29 is 0 Å². The maximum Gasteiger partial charge on any atom is 0.123 e. The first-order chi connectivity index (χ1) is 10.7. The average Bonchev–Trinajstić information content (AvgIpc) is 2.49. The standard InChI is InChI=1S/C18H24N4/c19-17-11-13(5-7-21-17)9-15-3-1-2-4-16(15)10-14-6-8-22-18(20)12-14/h5-8,11-12,15-16H,1-4,9-10H2,(H2,19,21)(H2,20,22)/t15-,16-/m0/s1. The molecule has 0 aliphatic heterocycles. The van der Waals surface area contributed by atoms with Gasteiger partial charge in [-0.05, 0) is 72.9 Å². The summed E-state index contributed by atoms with van der Waals surface area (Å²) in [6.07, 6.45) is 11.1. The Kier molecular flexibility index (Phi) is 4.56. The van der Waals surface area contributed by atoms with Crippen molar-refractivity contribution in [2.24, 2.45) is 11.8 Å². The zero-order valence-electron chi connectivity index (χ0n) is 12.9. The van der Waals surface area contributed by atoms with E-state index in [4.69, 9.17) is 11.5 Å². The largest absolute Gasteiger partial charge is 0.384 e. The van der Waals surface area contributed by atoms with E-state index in [0.717, 1.165) is 12.8 Å². The van der Waals surface area contributed by atoms with Crippen LogP contribution in [0.25, 0.3) is 0 Å². The second-order valence-corrected chi connectivity index (χ2v) is 6.39. The highest BCUT2D eigenvalue weighted by Crippen LogP contribution is 2.35. The summed E-state index contributed by atoms with van der Waals surface area (Å²) in [4.78, 5) is 8.17. The Labute approximate surface area is 132 Å². The lowest BCUT2D eigenvalue weighted by atomic mass is 9.74. The highest BCUT2D eigenvalue weighted by atomic mass is 14.8. The molecule has 0 saturated heterocycles. The molecule has 3 rings (SSSR count). The van der Waals surface area contributed by atoms with Crippen LogP contribution >= 0.6 is 0 Å². The van der Waals surface area contributed by atoms with Crippen LogP contribution in [0, 0.1) is 11.8 Å². The molecule has 0 amide bonds. The summed E-state index contributed by atoms with van der Waals surface area (Å²) in [6.45, 7) is 0. The maximum absolute atomic E-state index is 5.81. The molecule has 4 N–H and O–H groups in total. The van der Waals surface area contributed by atoms with Crippen molar-refractivity contribution in [1.29, 1.82) is 0 Å². The van der Waals surface area contributed by atoms with Crippen LogP contribution in [0.2, 0.25) is 0 Å². The molecule has 0 radical (unpaired) electrons. The molecule has 1 fully saturated rings. The number of rotatable bonds is 4. The van der Waals surface area contributed by atoms with E-state index in [1.54, 1.807) is 0 Å². The van der Waals surface area contributed by atoms with E-state index in [1.165, 1.54) is 36.8 Å². The second-order valence-electron chi connectivity index (χ2n) is 6.39. The number of aromatic nitrogens is 2. The number of pyridine rings is 2. The molecule has 0 aromatic carbocycles. The second kappa shape index (κ2) is 6.77. The van der Waals surface area contributed by atoms with Gasteiger partial charge in [-0.15, -0.1) is 0 Å². The summed E-state index contributed by atoms with van der Waals surface area (Å²) in [7, 11) is 0. The lowest BCUT2D eigenvalue weighted by Crippen LogP contribution is -2.23. The predicted molar refractivity (Wildman–Crippen MR) is 90.2 cm³/mol. The van der Waals surface area contributed by atoms with E-state index in [0.29, 0.717) is 23.5 Å². The van der Waals surface area contributed by atoms with Gasteiger partial charge in [-0.25, -0.2) is 9.97 Å². The maximum atomic E-state index is 5.81. The van der Waals surface area contributed by atoms with Gasteiger partial charge in [-0.2, -0.15) is 0 Å². The van der Waals surface area contributed by atoms with E-state index in [-0.39, 0.29) is 0 Å². The molecule has 116 valence electrons. The first-order valence-electron chi connectivity index (χ1n) is 8.11. The van der Waals surface area contributed by atoms with Gasteiger partial charge >= 0.3 is 0 Å². The molecule has 4 heteroatoms. The number of hydrogen-bond acceptors (Lipinski definition) is 4. The quantitative estimate of drug-likeness (QED) is 0.908. The third-order valence-electron chi connectivity index (χ3n) is 4.75. The minimum atomic E-state index is 0.617. The van der Waals surface area contributed by atoms with E-state index in [1.807, 2.05) is 24.5 Å². The van der Waals surface area contributed by atoms with Crippen LogP contribution in [0.4, 0.5) is 11.6 Å². The fourth-order valence-electron chi connectivity index (χ4n) is 3.67. The van der Waals surface area contributed by atoms with Gasteiger partial charge in [0.15, 0.2) is 0 Å². The Morgan fingerprint density at radius 1 is 0.818 bits per heavy atom. The van der Waals surface area contributed by atoms with Crippen molar-refractivity contribution in [2.45, 2.75) is 38.5 Å². The minimum Gasteiger partial charge on any atom is -0.384 e. The van der Waals surface area contributed by atoms with Crippen LogP contribution in [0.5, 0.6) is 0 Å². The fraction of sp³-hybridized carbons (Fsp3) is 0.444. The molecule has 1 aliphatic rings. The molecule has 0 bridgehead atoms. The lowest BCUT2D eigenvalue weighted by Gasteiger charge is -2.32. The van der Waals surface area contributed by atoms with Crippen LogP contribution in [0.3, 0.4) is 0 Å². The van der Waals surface area contributed by atoms with Crippen molar-refractivity contribution >= 4 is 11.6 Å². The summed E-state index contributed by atoms with van der Waals surface area (Å²) < 4.78 is 0. The first-order valence-corrected chi connectivity index (χ1v) is 8.11. The molecule has 2 aromatic rings. The Bertz CT molecular complexity index is 570. The number of nitrogens with two attached hydrogens (primary N) is 2. The van der Waals surface area contributed by atoms with Crippen LogP contribution < -0.4 is 11.5 Å². The molecule has 1 saturated carbocycles. The van der Waals surface area contributed by atoms with E-state index in [9.17, 15) is 0 Å². The molecule has 2 aromatic heterocycles. The van der Waals surface area contributed by atoms with Gasteiger partial charge in [0, 0.05) is 12.4 Å². The summed E-state index contributed by atoms with van der Waals surface area (Å²) in [5, 5.41) is 0. The van der Waals surface area contributed by atoms with Gasteiger partial charge in [0.05, 0.1) is 0 Å². The van der Waals surface area contributed by atoms with Gasteiger partial charge in [-0.1, -0.05) is 12.8 Å². The van der Waals surface area contributed by atoms with Gasteiger partial charge < -0.3 is 11.5 Å². The third-order valence-corrected chi connectivity index (χ3v) is 4.75. The molecule has 0 spiro atoms. The highest BCUT2D eigenvalue weighted by molar-refractivity contribution is 5.33. The van der Waals surface area contributed by atoms with Crippen molar-refractivity contribution in [3.8, 4) is 0 Å². The van der Waals surface area contributed by atoms with Crippen LogP contribution in [-0.2, 0) is 12.8 Å². The Balaban J connectivity index is 1.71. The average molecular weight is 296 g/mol. The molecular formula is C18H24N4. The van der Waals surface area contributed by atoms with Gasteiger partial charge in [-0.3, -0.25) is 0 Å². The molecular weight excluding hydrogens is 272 g/mol. The molecule has 4 nitrogen and oxygen atoms in total. The number of nitrogens with zero attached hydrogens (tertiary/aromatic N) is 2. The number of nitrogen functional groups attached to an aromatic ring is 2.